The molecule has 1 aromatic heterocycles. The van der Waals surface area contributed by atoms with E-state index in [2.05, 4.69) is 267 Å². The molecule has 0 N–H and O–H groups in total. The molecule has 12 aromatic rings. The van der Waals surface area contributed by atoms with Crippen LogP contribution in [0.3, 0.4) is 0 Å². The van der Waals surface area contributed by atoms with Crippen molar-refractivity contribution < 1.29 is 4.42 Å². The fourth-order valence-corrected chi connectivity index (χ4v) is 13.0. The highest BCUT2D eigenvalue weighted by molar-refractivity contribution is 6.12. The summed E-state index contributed by atoms with van der Waals surface area (Å²) < 4.78 is 6.88. The Morgan fingerprint density at radius 2 is 0.750 bits per heavy atom. The quantitative estimate of drug-likeness (QED) is 0.165. The number of anilines is 3. The van der Waals surface area contributed by atoms with Gasteiger partial charge in [0, 0.05) is 38.8 Å². The zero-order valence-electron chi connectivity index (χ0n) is 40.0. The fourth-order valence-electron chi connectivity index (χ4n) is 13.0. The van der Waals surface area contributed by atoms with Crippen molar-refractivity contribution in [2.75, 3.05) is 4.90 Å². The smallest absolute Gasteiger partial charge is 0.143 e. The van der Waals surface area contributed by atoms with Crippen molar-refractivity contribution in [2.45, 2.75) is 24.7 Å². The Hall–Kier alpha value is -8.98. The Morgan fingerprint density at radius 1 is 0.292 bits per heavy atom. The summed E-state index contributed by atoms with van der Waals surface area (Å²) in [5, 5.41) is 2.22. The maximum absolute atomic E-state index is 6.88. The van der Waals surface area contributed by atoms with Gasteiger partial charge in [-0.2, -0.15) is 0 Å². The van der Waals surface area contributed by atoms with E-state index in [9.17, 15) is 0 Å². The summed E-state index contributed by atoms with van der Waals surface area (Å²) >= 11 is 0. The van der Waals surface area contributed by atoms with E-state index >= 15 is 0 Å². The first-order valence-electron chi connectivity index (χ1n) is 25.2. The average Bonchev–Trinajstić information content (AvgIpc) is 4.13. The average molecular weight is 918 g/mol. The number of furan rings is 1. The zero-order valence-corrected chi connectivity index (χ0v) is 40.0. The zero-order chi connectivity index (χ0) is 47.7. The number of nitrogens with zero attached hydrogens (tertiary/aromatic N) is 1. The molecule has 3 aliphatic carbocycles. The summed E-state index contributed by atoms with van der Waals surface area (Å²) in [5.41, 5.74) is 27.3. The van der Waals surface area contributed by atoms with E-state index in [-0.39, 0.29) is 5.41 Å². The molecule has 0 atom stereocenters. The lowest BCUT2D eigenvalue weighted by molar-refractivity contribution is 0.660. The van der Waals surface area contributed by atoms with E-state index in [0.29, 0.717) is 0 Å². The van der Waals surface area contributed by atoms with Crippen molar-refractivity contribution in [3.63, 3.8) is 0 Å². The molecule has 0 saturated heterocycles. The summed E-state index contributed by atoms with van der Waals surface area (Å²) in [6, 6.07) is 92.1. The molecular formula is C70H47NO. The largest absolute Gasteiger partial charge is 0.455 e. The van der Waals surface area contributed by atoms with Gasteiger partial charge < -0.3 is 9.32 Å². The molecular weight excluding hydrogens is 871 g/mol. The second-order valence-electron chi connectivity index (χ2n) is 20.3. The highest BCUT2D eigenvalue weighted by Crippen LogP contribution is 2.63. The van der Waals surface area contributed by atoms with E-state index in [1.54, 1.807) is 0 Å². The molecule has 0 aliphatic heterocycles. The first kappa shape index (κ1) is 40.9. The van der Waals surface area contributed by atoms with Gasteiger partial charge in [-0.25, -0.2) is 0 Å². The van der Waals surface area contributed by atoms with Crippen LogP contribution in [0, 0.1) is 0 Å². The third-order valence-electron chi connectivity index (χ3n) is 16.3. The molecule has 15 rings (SSSR count). The number of fused-ring (bicyclic) bond motifs is 16. The summed E-state index contributed by atoms with van der Waals surface area (Å²) in [6.07, 6.45) is 0. The molecule has 72 heavy (non-hydrogen) atoms. The van der Waals surface area contributed by atoms with Crippen LogP contribution in [-0.4, -0.2) is 0 Å². The predicted octanol–water partition coefficient (Wildman–Crippen LogP) is 18.7. The van der Waals surface area contributed by atoms with Crippen LogP contribution in [0.4, 0.5) is 17.1 Å². The van der Waals surface area contributed by atoms with Gasteiger partial charge in [0.2, 0.25) is 0 Å². The molecule has 0 unspecified atom stereocenters. The Balaban J connectivity index is 0.884. The van der Waals surface area contributed by atoms with E-state index < -0.39 is 5.41 Å². The van der Waals surface area contributed by atoms with Crippen LogP contribution in [0.1, 0.15) is 47.2 Å². The first-order chi connectivity index (χ1) is 35.4. The summed E-state index contributed by atoms with van der Waals surface area (Å²) in [6.45, 7) is 4.71. The van der Waals surface area contributed by atoms with Gasteiger partial charge in [-0.3, -0.25) is 0 Å². The van der Waals surface area contributed by atoms with Gasteiger partial charge in [0.15, 0.2) is 0 Å². The molecule has 0 fully saturated rings. The van der Waals surface area contributed by atoms with Crippen molar-refractivity contribution in [2.24, 2.45) is 0 Å². The van der Waals surface area contributed by atoms with E-state index in [0.717, 1.165) is 61.3 Å². The van der Waals surface area contributed by atoms with Gasteiger partial charge in [-0.15, -0.1) is 0 Å². The molecule has 1 heterocycles. The molecule has 0 saturated carbocycles. The van der Waals surface area contributed by atoms with Crippen molar-refractivity contribution in [3.05, 3.63) is 282 Å². The van der Waals surface area contributed by atoms with Gasteiger partial charge in [0.25, 0.3) is 0 Å². The van der Waals surface area contributed by atoms with Crippen LogP contribution in [0.2, 0.25) is 0 Å². The highest BCUT2D eigenvalue weighted by atomic mass is 16.3. The second kappa shape index (κ2) is 15.3. The van der Waals surface area contributed by atoms with Gasteiger partial charge in [0.05, 0.1) is 5.41 Å². The normalized spacial score (nSPS) is 13.9. The van der Waals surface area contributed by atoms with Gasteiger partial charge in [0.1, 0.15) is 11.2 Å². The first-order valence-corrected chi connectivity index (χ1v) is 25.2. The second-order valence-corrected chi connectivity index (χ2v) is 20.3. The third kappa shape index (κ3) is 5.72. The van der Waals surface area contributed by atoms with Crippen LogP contribution in [0.5, 0.6) is 0 Å². The molecule has 0 amide bonds. The van der Waals surface area contributed by atoms with Gasteiger partial charge >= 0.3 is 0 Å². The monoisotopic (exact) mass is 917 g/mol. The fraction of sp³-hybridized carbons (Fsp3) is 0.0571. The summed E-state index contributed by atoms with van der Waals surface area (Å²) in [4.78, 5) is 2.41. The van der Waals surface area contributed by atoms with Crippen LogP contribution in [-0.2, 0) is 10.8 Å². The number of hydrogen-bond acceptors (Lipinski definition) is 2. The van der Waals surface area contributed by atoms with Crippen molar-refractivity contribution in [1.29, 1.82) is 0 Å². The Morgan fingerprint density at radius 3 is 1.39 bits per heavy atom. The number of para-hydroxylation sites is 1. The number of rotatable bonds is 6. The molecule has 0 bridgehead atoms. The Bertz CT molecular complexity index is 4110. The highest BCUT2D eigenvalue weighted by Gasteiger charge is 2.51. The molecule has 2 nitrogen and oxygen atoms in total. The van der Waals surface area contributed by atoms with Gasteiger partial charge in [-0.05, 0) is 155 Å². The van der Waals surface area contributed by atoms with Crippen LogP contribution >= 0.6 is 0 Å². The minimum absolute atomic E-state index is 0.127. The van der Waals surface area contributed by atoms with Gasteiger partial charge in [-0.1, -0.05) is 202 Å². The van der Waals surface area contributed by atoms with E-state index in [4.69, 9.17) is 4.42 Å². The molecule has 2 heteroatoms. The van der Waals surface area contributed by atoms with Crippen LogP contribution < -0.4 is 4.90 Å². The molecule has 11 aromatic carbocycles. The standard InChI is InChI=1S/C70H47NO/c1-69(2)61-23-11-6-18-52(61)56-39-37-51(43-65(56)69)71(49-33-28-45(29-34-49)44-16-4-3-5-17-44)50-35-30-46(31-36-50)48-40-59(68-60(41-48)58-22-10-15-27-67(58)72-68)47-32-38-57-55-21-9-14-26-64(55)70(66(57)42-47)62-24-12-7-19-53(62)54-20-8-13-25-63(54)70/h3-43H,1-2H3. The molecule has 0 radical (unpaired) electrons. The number of hydrogen-bond donors (Lipinski definition) is 0. The Kier molecular flexibility index (Phi) is 8.66. The minimum atomic E-state index is -0.443. The van der Waals surface area contributed by atoms with Crippen LogP contribution in [0.25, 0.3) is 88.7 Å². The maximum atomic E-state index is 6.88. The predicted molar refractivity (Wildman–Crippen MR) is 299 cm³/mol. The lowest BCUT2D eigenvalue weighted by atomic mass is 9.70. The molecule has 1 spiro atoms. The summed E-state index contributed by atoms with van der Waals surface area (Å²) in [7, 11) is 0. The topological polar surface area (TPSA) is 16.4 Å². The SMILES string of the molecule is CC1(C)c2ccccc2-c2ccc(N(c3ccc(-c4ccccc4)cc3)c3ccc(-c4cc(-c5ccc6c(c5)C5(c7ccccc7-c7ccccc75)c5ccccc5-6)c5oc6ccccc6c5c4)cc3)cc21. The maximum Gasteiger partial charge on any atom is 0.143 e. The van der Waals surface area contributed by atoms with Crippen molar-refractivity contribution >= 4 is 39.0 Å². The molecule has 3 aliphatic rings. The van der Waals surface area contributed by atoms with E-state index in [1.807, 2.05) is 0 Å². The van der Waals surface area contributed by atoms with Crippen LogP contribution in [0.15, 0.2) is 253 Å². The molecule has 338 valence electrons. The van der Waals surface area contributed by atoms with Crippen molar-refractivity contribution in [3.8, 4) is 66.8 Å². The van der Waals surface area contributed by atoms with E-state index in [1.165, 1.54) is 77.9 Å². The Labute approximate surface area is 419 Å². The van der Waals surface area contributed by atoms with Crippen molar-refractivity contribution in [1.82, 2.24) is 0 Å². The number of benzene rings is 11. The lowest BCUT2D eigenvalue weighted by Crippen LogP contribution is -2.25. The lowest BCUT2D eigenvalue weighted by Gasteiger charge is -2.30. The summed E-state index contributed by atoms with van der Waals surface area (Å²) in [5.74, 6) is 0. The third-order valence-corrected chi connectivity index (χ3v) is 16.3. The minimum Gasteiger partial charge on any atom is -0.455 e.